The van der Waals surface area contributed by atoms with Crippen LogP contribution in [0.15, 0.2) is 55.3 Å². The molecule has 33 heavy (non-hydrogen) atoms. The predicted molar refractivity (Wildman–Crippen MR) is 129 cm³/mol. The fourth-order valence-corrected chi connectivity index (χ4v) is 2.80. The normalized spacial score (nSPS) is 9.88. The highest BCUT2D eigenvalue weighted by atomic mass is 35.5. The van der Waals surface area contributed by atoms with Crippen LogP contribution in [0.1, 0.15) is 15.9 Å². The number of nitrogen functional groups attached to an aromatic ring is 1. The van der Waals surface area contributed by atoms with Gasteiger partial charge in [0.2, 0.25) is 17.2 Å². The number of halogens is 1. The number of carbonyl (C=O) groups is 1. The molecule has 5 N–H and O–H groups in total. The van der Waals surface area contributed by atoms with Crippen molar-refractivity contribution in [1.29, 1.82) is 0 Å². The summed E-state index contributed by atoms with van der Waals surface area (Å²) < 4.78 is 4.55. The molecule has 0 aliphatic carbocycles. The second-order valence-electron chi connectivity index (χ2n) is 6.25. The highest BCUT2D eigenvalue weighted by molar-refractivity contribution is 7.99. The second-order valence-corrected chi connectivity index (χ2v) is 7.09. The van der Waals surface area contributed by atoms with Gasteiger partial charge in [-0.3, -0.25) is 10.1 Å². The average molecular weight is 484 g/mol. The molecule has 2 aromatic carbocycles. The van der Waals surface area contributed by atoms with E-state index < -0.39 is 5.91 Å². The summed E-state index contributed by atoms with van der Waals surface area (Å²) in [6, 6.07) is 14.6. The summed E-state index contributed by atoms with van der Waals surface area (Å²) in [6.07, 6.45) is 1.10. The Morgan fingerprint density at radius 3 is 2.58 bits per heavy atom. The number of amides is 1. The molecule has 0 fully saturated rings. The van der Waals surface area contributed by atoms with E-state index in [2.05, 4.69) is 58.0 Å². The van der Waals surface area contributed by atoms with Crippen molar-refractivity contribution in [3.63, 3.8) is 0 Å². The first-order chi connectivity index (χ1) is 15.9. The Bertz CT molecular complexity index is 1230. The summed E-state index contributed by atoms with van der Waals surface area (Å²) in [7, 11) is 0. The van der Waals surface area contributed by atoms with Gasteiger partial charge in [0, 0.05) is 33.9 Å². The molecule has 0 saturated heterocycles. The Kier molecular flexibility index (Phi) is 8.31. The van der Waals surface area contributed by atoms with E-state index in [9.17, 15) is 4.79 Å². The lowest BCUT2D eigenvalue weighted by atomic mass is 10.2. The molecule has 1 aromatic heterocycles. The van der Waals surface area contributed by atoms with Gasteiger partial charge in [0.25, 0.3) is 5.91 Å². The Labute approximate surface area is 199 Å². The molecule has 168 valence electrons. The van der Waals surface area contributed by atoms with Crippen LogP contribution in [-0.2, 0) is 9.22 Å². The van der Waals surface area contributed by atoms with Crippen molar-refractivity contribution in [1.82, 2.24) is 20.3 Å². The molecule has 0 atom stereocenters. The minimum absolute atomic E-state index is 0.0144. The van der Waals surface area contributed by atoms with Crippen molar-refractivity contribution in [2.45, 2.75) is 6.92 Å². The molecule has 0 bridgehead atoms. The molecular weight excluding hydrogens is 466 g/mol. The molecule has 0 aliphatic rings. The lowest BCUT2D eigenvalue weighted by Gasteiger charge is -2.10. The highest BCUT2D eigenvalue weighted by Gasteiger charge is 2.09. The van der Waals surface area contributed by atoms with Crippen LogP contribution in [0.5, 0.6) is 0 Å². The summed E-state index contributed by atoms with van der Waals surface area (Å²) in [5.41, 5.74) is 9.15. The maximum absolute atomic E-state index is 12.3. The number of benzene rings is 2. The third-order valence-corrected chi connectivity index (χ3v) is 4.44. The summed E-state index contributed by atoms with van der Waals surface area (Å²) in [5, 5.41) is 10.9. The number of nitrogens with one attached hydrogen (secondary N) is 3. The van der Waals surface area contributed by atoms with Crippen molar-refractivity contribution in [3.05, 3.63) is 71.7 Å². The topological polar surface area (TPSA) is 136 Å². The van der Waals surface area contributed by atoms with Crippen molar-refractivity contribution < 1.29 is 14.0 Å². The number of nitrogens with zero attached hydrogens (tertiary/aromatic N) is 3. The minimum Gasteiger partial charge on any atom is -0.398 e. The lowest BCUT2D eigenvalue weighted by Crippen LogP contribution is -2.17. The van der Waals surface area contributed by atoms with Gasteiger partial charge in [0.15, 0.2) is 0 Å². The maximum atomic E-state index is 12.3. The van der Waals surface area contributed by atoms with E-state index >= 15 is 0 Å². The van der Waals surface area contributed by atoms with Gasteiger partial charge in [0.1, 0.15) is 18.3 Å². The van der Waals surface area contributed by atoms with E-state index in [0.29, 0.717) is 34.7 Å². The molecule has 0 radical (unpaired) electrons. The van der Waals surface area contributed by atoms with Crippen LogP contribution >= 0.6 is 23.6 Å². The van der Waals surface area contributed by atoms with Crippen molar-refractivity contribution in [2.24, 2.45) is 0 Å². The Morgan fingerprint density at radius 1 is 1.15 bits per heavy atom. The van der Waals surface area contributed by atoms with Gasteiger partial charge in [-0.2, -0.15) is 15.0 Å². The van der Waals surface area contributed by atoms with Crippen molar-refractivity contribution >= 4 is 58.5 Å². The van der Waals surface area contributed by atoms with E-state index in [1.54, 1.807) is 30.3 Å². The molecule has 12 heteroatoms. The molecule has 0 aliphatic heterocycles. The maximum Gasteiger partial charge on any atom is 0.262 e. The predicted octanol–water partition coefficient (Wildman–Crippen LogP) is 4.29. The molecule has 10 nitrogen and oxygen atoms in total. The highest BCUT2D eigenvalue weighted by Crippen LogP contribution is 2.22. The Hall–Kier alpha value is -3.98. The fraction of sp³-hybridized carbons (Fsp3) is 0.0476. The fourth-order valence-electron chi connectivity index (χ4n) is 2.42. The van der Waals surface area contributed by atoms with E-state index in [1.165, 1.54) is 0 Å². The number of aromatic nitrogens is 3. The quantitative estimate of drug-likeness (QED) is 0.0536. The van der Waals surface area contributed by atoms with Crippen molar-refractivity contribution in [2.75, 3.05) is 16.4 Å². The van der Waals surface area contributed by atoms with Crippen molar-refractivity contribution in [3.8, 4) is 11.3 Å². The van der Waals surface area contributed by atoms with E-state index in [4.69, 9.17) is 17.3 Å². The largest absolute Gasteiger partial charge is 0.398 e. The molecule has 3 aromatic rings. The monoisotopic (exact) mass is 483 g/mol. The number of hydrogen-bond acceptors (Lipinski definition) is 10. The average Bonchev–Trinajstić information content (AvgIpc) is 2.78. The van der Waals surface area contributed by atoms with E-state index in [-0.39, 0.29) is 17.2 Å². The molecule has 3 rings (SSSR count). The Morgan fingerprint density at radius 2 is 1.88 bits per heavy atom. The third kappa shape index (κ3) is 7.29. The van der Waals surface area contributed by atoms with Gasteiger partial charge in [-0.05, 0) is 54.4 Å². The second kappa shape index (κ2) is 11.6. The number of aryl methyl sites for hydroxylation is 1. The number of carbonyl (C=O) groups excluding carboxylic acids is 1. The standard InChI is InChI=1S/C21H18ClN7O3S/c1-3-31-32-33-10-9-24-18(30)14-5-4-6-15(11-14)25-20-27-19(22)28-21(29-20)26-16-8-7-13(2)17(23)12-16/h3-8,11-12H,1,23H2,2H3,(H,24,30)(H2,25,26,27,28,29). The van der Waals surface area contributed by atoms with Gasteiger partial charge in [-0.15, -0.1) is 4.33 Å². The van der Waals surface area contributed by atoms with Crippen LogP contribution < -0.4 is 21.7 Å². The minimum atomic E-state index is -0.413. The first kappa shape index (κ1) is 23.7. The summed E-state index contributed by atoms with van der Waals surface area (Å²) in [5.74, 6) is 0.000150. The number of rotatable bonds is 8. The van der Waals surface area contributed by atoms with Crippen LogP contribution in [0.3, 0.4) is 0 Å². The Balaban J connectivity index is 1.68. The molecule has 1 heterocycles. The zero-order chi connectivity index (χ0) is 23.6. The number of anilines is 5. The first-order valence-corrected chi connectivity index (χ1v) is 10.4. The molecule has 0 unspecified atom stereocenters. The number of nitrogens with two attached hydrogens (primary N) is 1. The van der Waals surface area contributed by atoms with Gasteiger partial charge < -0.3 is 21.3 Å². The molecule has 0 saturated carbocycles. The van der Waals surface area contributed by atoms with Crippen LogP contribution in [0.4, 0.5) is 29.0 Å². The first-order valence-electron chi connectivity index (χ1n) is 9.26. The van der Waals surface area contributed by atoms with Crippen LogP contribution in [0.2, 0.25) is 5.28 Å². The molecule has 1 amide bonds. The SMILES string of the molecule is C=COOSC#CNC(=O)c1cccc(Nc2nc(Cl)nc(Nc3ccc(C)c(N)c3)n2)c1. The van der Waals surface area contributed by atoms with E-state index in [0.717, 1.165) is 11.8 Å². The van der Waals surface area contributed by atoms with Crippen LogP contribution in [0.25, 0.3) is 0 Å². The summed E-state index contributed by atoms with van der Waals surface area (Å²) in [6.45, 7) is 5.22. The lowest BCUT2D eigenvalue weighted by molar-refractivity contribution is -0.127. The van der Waals surface area contributed by atoms with Gasteiger partial charge >= 0.3 is 0 Å². The number of hydrogen-bond donors (Lipinski definition) is 4. The summed E-state index contributed by atoms with van der Waals surface area (Å²) in [4.78, 5) is 29.2. The van der Waals surface area contributed by atoms with E-state index in [1.807, 2.05) is 19.1 Å². The molecular formula is C21H18ClN7O3S. The molecule has 0 spiro atoms. The smallest absolute Gasteiger partial charge is 0.262 e. The van der Waals surface area contributed by atoms with Crippen LogP contribution in [0, 0.1) is 18.2 Å². The van der Waals surface area contributed by atoms with Gasteiger partial charge in [-0.1, -0.05) is 18.7 Å². The van der Waals surface area contributed by atoms with Crippen LogP contribution in [-0.4, -0.2) is 20.9 Å². The van der Waals surface area contributed by atoms with Gasteiger partial charge in [-0.25, -0.2) is 0 Å². The zero-order valence-electron chi connectivity index (χ0n) is 17.3. The third-order valence-electron chi connectivity index (χ3n) is 3.93. The zero-order valence-corrected chi connectivity index (χ0v) is 18.8. The van der Waals surface area contributed by atoms with Gasteiger partial charge in [0.05, 0.1) is 0 Å². The summed E-state index contributed by atoms with van der Waals surface area (Å²) >= 11 is 6.75.